The smallest absolute Gasteiger partial charge is 0.225 e. The number of amides is 2. The molecule has 0 radical (unpaired) electrons. The summed E-state index contributed by atoms with van der Waals surface area (Å²) in [4.78, 5) is 26.9. The topological polar surface area (TPSA) is 49.4 Å². The molecule has 1 saturated heterocycles. The van der Waals surface area contributed by atoms with Crippen molar-refractivity contribution in [1.29, 1.82) is 0 Å². The highest BCUT2D eigenvalue weighted by molar-refractivity contribution is 5.80. The summed E-state index contributed by atoms with van der Waals surface area (Å²) in [5.74, 6) is -0.0216. The number of nitrogens with zero attached hydrogens (tertiary/aromatic N) is 1. The number of benzene rings is 2. The zero-order chi connectivity index (χ0) is 20.3. The average Bonchev–Trinajstić information content (AvgIpc) is 3.10. The molecule has 0 spiro atoms. The van der Waals surface area contributed by atoms with E-state index >= 15 is 0 Å². The lowest BCUT2D eigenvalue weighted by Crippen LogP contribution is -2.35. The Kier molecular flexibility index (Phi) is 6.18. The van der Waals surface area contributed by atoms with Crippen molar-refractivity contribution in [3.8, 4) is 0 Å². The highest BCUT2D eigenvalue weighted by atomic mass is 16.2. The van der Waals surface area contributed by atoms with E-state index in [9.17, 15) is 9.59 Å². The number of rotatable bonds is 5. The monoisotopic (exact) mass is 378 g/mol. The van der Waals surface area contributed by atoms with Crippen molar-refractivity contribution < 1.29 is 9.59 Å². The molecular formula is C24H30N2O2. The lowest BCUT2D eigenvalue weighted by Gasteiger charge is -2.28. The van der Waals surface area contributed by atoms with Crippen molar-refractivity contribution in [2.24, 2.45) is 0 Å². The van der Waals surface area contributed by atoms with Crippen LogP contribution in [0, 0.1) is 20.8 Å². The second-order valence-electron chi connectivity index (χ2n) is 8.03. The van der Waals surface area contributed by atoms with Crippen molar-refractivity contribution in [3.05, 3.63) is 70.3 Å². The van der Waals surface area contributed by atoms with Crippen LogP contribution >= 0.6 is 0 Å². The molecular weight excluding hydrogens is 348 g/mol. The predicted molar refractivity (Wildman–Crippen MR) is 112 cm³/mol. The first-order valence-corrected chi connectivity index (χ1v) is 10.0. The lowest BCUT2D eigenvalue weighted by molar-refractivity contribution is -0.133. The molecule has 3 rings (SSSR count). The second-order valence-corrected chi connectivity index (χ2v) is 8.03. The molecule has 2 aromatic carbocycles. The van der Waals surface area contributed by atoms with E-state index in [1.165, 1.54) is 23.6 Å². The standard InChI is InChI=1S/C24H30N2O2/c1-16-7-9-20(10-8-16)22(25-19(4)27)15-24(28)26-11-5-6-23(26)21-13-17(2)12-18(3)14-21/h7-10,12-14,22-23H,5-6,11,15H2,1-4H3,(H,25,27). The minimum Gasteiger partial charge on any atom is -0.349 e. The number of hydrogen-bond acceptors (Lipinski definition) is 2. The van der Waals surface area contributed by atoms with E-state index in [-0.39, 0.29) is 30.3 Å². The van der Waals surface area contributed by atoms with Crippen LogP contribution < -0.4 is 5.32 Å². The molecule has 2 atom stereocenters. The van der Waals surface area contributed by atoms with Gasteiger partial charge in [-0.3, -0.25) is 9.59 Å². The molecule has 1 fully saturated rings. The van der Waals surface area contributed by atoms with Gasteiger partial charge in [-0.25, -0.2) is 0 Å². The van der Waals surface area contributed by atoms with Gasteiger partial charge in [0.1, 0.15) is 0 Å². The van der Waals surface area contributed by atoms with Crippen LogP contribution in [0.4, 0.5) is 0 Å². The summed E-state index contributed by atoms with van der Waals surface area (Å²) in [7, 11) is 0. The summed E-state index contributed by atoms with van der Waals surface area (Å²) in [6.45, 7) is 8.50. The van der Waals surface area contributed by atoms with Gasteiger partial charge >= 0.3 is 0 Å². The molecule has 1 aliphatic rings. The van der Waals surface area contributed by atoms with Crippen LogP contribution in [0.5, 0.6) is 0 Å². The van der Waals surface area contributed by atoms with Crippen molar-refractivity contribution in [2.75, 3.05) is 6.54 Å². The molecule has 1 aliphatic heterocycles. The van der Waals surface area contributed by atoms with Crippen molar-refractivity contribution in [2.45, 2.75) is 59.0 Å². The second kappa shape index (κ2) is 8.59. The van der Waals surface area contributed by atoms with E-state index in [0.29, 0.717) is 0 Å². The molecule has 2 amide bonds. The van der Waals surface area contributed by atoms with E-state index in [1.54, 1.807) is 0 Å². The fourth-order valence-electron chi connectivity index (χ4n) is 4.20. The van der Waals surface area contributed by atoms with E-state index in [2.05, 4.69) is 37.4 Å². The van der Waals surface area contributed by atoms with Crippen LogP contribution in [0.15, 0.2) is 42.5 Å². The Bertz CT molecular complexity index is 837. The molecule has 0 saturated carbocycles. The number of nitrogens with one attached hydrogen (secondary N) is 1. The highest BCUT2D eigenvalue weighted by Gasteiger charge is 2.31. The third-order valence-corrected chi connectivity index (χ3v) is 5.44. The van der Waals surface area contributed by atoms with Crippen LogP contribution in [0.3, 0.4) is 0 Å². The fourth-order valence-corrected chi connectivity index (χ4v) is 4.20. The molecule has 148 valence electrons. The predicted octanol–water partition coefficient (Wildman–Crippen LogP) is 4.54. The van der Waals surface area contributed by atoms with Gasteiger partial charge in [0.05, 0.1) is 18.5 Å². The van der Waals surface area contributed by atoms with E-state index in [4.69, 9.17) is 0 Å². The van der Waals surface area contributed by atoms with Crippen LogP contribution in [0.1, 0.15) is 66.1 Å². The van der Waals surface area contributed by atoms with Gasteiger partial charge in [-0.15, -0.1) is 0 Å². The normalized spacial score (nSPS) is 17.4. The molecule has 2 aromatic rings. The van der Waals surface area contributed by atoms with Gasteiger partial charge in [0.15, 0.2) is 0 Å². The summed E-state index contributed by atoms with van der Waals surface area (Å²) < 4.78 is 0. The SMILES string of the molecule is CC(=O)NC(CC(=O)N1CCCC1c1cc(C)cc(C)c1)c1ccc(C)cc1. The Morgan fingerprint density at radius 1 is 1.04 bits per heavy atom. The fraction of sp³-hybridized carbons (Fsp3) is 0.417. The molecule has 0 aromatic heterocycles. The summed E-state index contributed by atoms with van der Waals surface area (Å²) in [5, 5.41) is 2.96. The zero-order valence-corrected chi connectivity index (χ0v) is 17.3. The maximum atomic E-state index is 13.2. The Morgan fingerprint density at radius 3 is 2.29 bits per heavy atom. The Labute approximate surface area is 167 Å². The molecule has 4 nitrogen and oxygen atoms in total. The van der Waals surface area contributed by atoms with Crippen molar-refractivity contribution in [3.63, 3.8) is 0 Å². The largest absolute Gasteiger partial charge is 0.349 e. The Morgan fingerprint density at radius 2 is 1.68 bits per heavy atom. The van der Waals surface area contributed by atoms with Gasteiger partial charge in [0.25, 0.3) is 0 Å². The highest BCUT2D eigenvalue weighted by Crippen LogP contribution is 2.34. The first-order chi connectivity index (χ1) is 13.3. The summed E-state index contributed by atoms with van der Waals surface area (Å²) >= 11 is 0. The van der Waals surface area contributed by atoms with Gasteiger partial charge in [0, 0.05) is 13.5 Å². The van der Waals surface area contributed by atoms with Gasteiger partial charge in [0.2, 0.25) is 11.8 Å². The third-order valence-electron chi connectivity index (χ3n) is 5.44. The van der Waals surface area contributed by atoms with E-state index in [0.717, 1.165) is 30.5 Å². The minimum absolute atomic E-state index is 0.0981. The molecule has 0 aliphatic carbocycles. The van der Waals surface area contributed by atoms with Gasteiger partial charge < -0.3 is 10.2 Å². The molecule has 0 bridgehead atoms. The van der Waals surface area contributed by atoms with Crippen molar-refractivity contribution in [1.82, 2.24) is 10.2 Å². The summed E-state index contributed by atoms with van der Waals surface area (Å²) in [5.41, 5.74) is 5.80. The maximum absolute atomic E-state index is 13.2. The number of hydrogen-bond donors (Lipinski definition) is 1. The van der Waals surface area contributed by atoms with E-state index in [1.807, 2.05) is 36.1 Å². The minimum atomic E-state index is -0.300. The average molecular weight is 379 g/mol. The van der Waals surface area contributed by atoms with Gasteiger partial charge in [-0.05, 0) is 44.7 Å². The number of aryl methyl sites for hydroxylation is 3. The molecule has 2 unspecified atom stereocenters. The first kappa shape index (κ1) is 20.1. The van der Waals surface area contributed by atoms with E-state index < -0.39 is 0 Å². The molecule has 1 heterocycles. The van der Waals surface area contributed by atoms with Gasteiger partial charge in [-0.2, -0.15) is 0 Å². The zero-order valence-electron chi connectivity index (χ0n) is 17.3. The van der Waals surface area contributed by atoms with Crippen LogP contribution in [0.2, 0.25) is 0 Å². The van der Waals surface area contributed by atoms with Crippen LogP contribution in [-0.4, -0.2) is 23.3 Å². The van der Waals surface area contributed by atoms with Crippen molar-refractivity contribution >= 4 is 11.8 Å². The molecule has 28 heavy (non-hydrogen) atoms. The number of likely N-dealkylation sites (tertiary alicyclic amines) is 1. The summed E-state index contributed by atoms with van der Waals surface area (Å²) in [6, 6.07) is 14.4. The number of carbonyl (C=O) groups excluding carboxylic acids is 2. The number of carbonyl (C=O) groups is 2. The van der Waals surface area contributed by atoms with Gasteiger partial charge in [-0.1, -0.05) is 59.2 Å². The molecule has 4 heteroatoms. The maximum Gasteiger partial charge on any atom is 0.225 e. The summed E-state index contributed by atoms with van der Waals surface area (Å²) in [6.07, 6.45) is 2.28. The quantitative estimate of drug-likeness (QED) is 0.830. The first-order valence-electron chi connectivity index (χ1n) is 10.0. The van der Waals surface area contributed by atoms with Crippen LogP contribution in [0.25, 0.3) is 0 Å². The molecule has 1 N–H and O–H groups in total. The Balaban J connectivity index is 1.80. The third kappa shape index (κ3) is 4.80. The van der Waals surface area contributed by atoms with Crippen LogP contribution in [-0.2, 0) is 9.59 Å². The Hall–Kier alpha value is -2.62. The lowest BCUT2D eigenvalue weighted by atomic mass is 9.98.